The fourth-order valence-electron chi connectivity index (χ4n) is 3.53. The van der Waals surface area contributed by atoms with Crippen LogP contribution >= 0.6 is 0 Å². The summed E-state index contributed by atoms with van der Waals surface area (Å²) in [4.78, 5) is 15.0. The molecule has 3 atom stereocenters. The fraction of sp³-hybridized carbons (Fsp3) is 0.611. The summed E-state index contributed by atoms with van der Waals surface area (Å²) >= 11 is 0. The number of benzene rings is 1. The zero-order chi connectivity index (χ0) is 15.2. The predicted octanol–water partition coefficient (Wildman–Crippen LogP) is 3.39. The first-order valence-electron chi connectivity index (χ1n) is 8.09. The predicted molar refractivity (Wildman–Crippen MR) is 84.8 cm³/mol. The molecule has 0 bridgehead atoms. The van der Waals surface area contributed by atoms with Crippen molar-refractivity contribution in [3.05, 3.63) is 35.4 Å². The highest BCUT2D eigenvalue weighted by atomic mass is 16.2. The third-order valence-corrected chi connectivity index (χ3v) is 5.05. The normalized spacial score (nSPS) is 30.8. The number of nitrogens with zero attached hydrogens (tertiary/aromatic N) is 1. The van der Waals surface area contributed by atoms with Crippen molar-refractivity contribution in [2.24, 2.45) is 5.41 Å². The average Bonchev–Trinajstić information content (AvgIpc) is 2.93. The molecule has 0 spiro atoms. The van der Waals surface area contributed by atoms with E-state index in [2.05, 4.69) is 62.2 Å². The minimum Gasteiger partial charge on any atom is -0.318 e. The van der Waals surface area contributed by atoms with Crippen molar-refractivity contribution in [2.75, 3.05) is 0 Å². The summed E-state index contributed by atoms with van der Waals surface area (Å²) in [6.07, 6.45) is 3.11. The molecular formula is C18H26N2O. The summed E-state index contributed by atoms with van der Waals surface area (Å²) in [5, 5.41) is 3.58. The van der Waals surface area contributed by atoms with E-state index in [9.17, 15) is 4.79 Å². The number of rotatable bonds is 4. The Morgan fingerprint density at radius 1 is 1.33 bits per heavy atom. The number of carbonyl (C=O) groups excluding carboxylic acids is 1. The molecule has 1 aromatic carbocycles. The van der Waals surface area contributed by atoms with E-state index in [1.54, 1.807) is 0 Å². The molecule has 1 saturated heterocycles. The number of hydrogen-bond donors (Lipinski definition) is 1. The van der Waals surface area contributed by atoms with Gasteiger partial charge in [0.05, 0.1) is 6.04 Å². The van der Waals surface area contributed by atoms with Crippen LogP contribution in [-0.2, 0) is 4.79 Å². The summed E-state index contributed by atoms with van der Waals surface area (Å²) in [5.74, 6) is 0.292. The third-order valence-electron chi connectivity index (χ3n) is 5.05. The molecule has 21 heavy (non-hydrogen) atoms. The van der Waals surface area contributed by atoms with Crippen LogP contribution in [0, 0.1) is 12.3 Å². The molecule has 1 heterocycles. The molecule has 1 amide bonds. The SMILES string of the molecule is CCCC1NC(c2ccccc2C)N(C2CC2(C)C)C1=O. The van der Waals surface area contributed by atoms with Crippen LogP contribution in [0.15, 0.2) is 24.3 Å². The second kappa shape index (κ2) is 5.13. The molecule has 2 aliphatic rings. The van der Waals surface area contributed by atoms with E-state index in [4.69, 9.17) is 0 Å². The summed E-state index contributed by atoms with van der Waals surface area (Å²) in [5.41, 5.74) is 2.76. The lowest BCUT2D eigenvalue weighted by Crippen LogP contribution is -2.35. The van der Waals surface area contributed by atoms with Crippen molar-refractivity contribution in [3.63, 3.8) is 0 Å². The van der Waals surface area contributed by atoms with Crippen LogP contribution in [0.4, 0.5) is 0 Å². The second-order valence-corrected chi connectivity index (χ2v) is 7.22. The number of hydrogen-bond acceptors (Lipinski definition) is 2. The van der Waals surface area contributed by atoms with Gasteiger partial charge in [-0.25, -0.2) is 0 Å². The Bertz CT molecular complexity index is 552. The van der Waals surface area contributed by atoms with Gasteiger partial charge in [0.1, 0.15) is 6.17 Å². The highest BCUT2D eigenvalue weighted by Gasteiger charge is 2.56. The van der Waals surface area contributed by atoms with E-state index in [0.717, 1.165) is 19.3 Å². The van der Waals surface area contributed by atoms with Gasteiger partial charge in [-0.1, -0.05) is 51.5 Å². The van der Waals surface area contributed by atoms with E-state index in [0.29, 0.717) is 11.9 Å². The van der Waals surface area contributed by atoms with Crippen molar-refractivity contribution in [1.29, 1.82) is 0 Å². The minimum atomic E-state index is -0.0176. The van der Waals surface area contributed by atoms with Crippen molar-refractivity contribution in [3.8, 4) is 0 Å². The molecule has 3 nitrogen and oxygen atoms in total. The van der Waals surface area contributed by atoms with E-state index < -0.39 is 0 Å². The lowest BCUT2D eigenvalue weighted by atomic mass is 10.1. The highest BCUT2D eigenvalue weighted by molar-refractivity contribution is 5.85. The summed E-state index contributed by atoms with van der Waals surface area (Å²) in [7, 11) is 0. The maximum absolute atomic E-state index is 12.8. The number of amides is 1. The quantitative estimate of drug-likeness (QED) is 0.920. The molecule has 2 fully saturated rings. The molecule has 1 aromatic rings. The van der Waals surface area contributed by atoms with Crippen LogP contribution in [-0.4, -0.2) is 22.9 Å². The van der Waals surface area contributed by atoms with E-state index >= 15 is 0 Å². The van der Waals surface area contributed by atoms with Crippen molar-refractivity contribution < 1.29 is 4.79 Å². The van der Waals surface area contributed by atoms with Gasteiger partial charge in [-0.15, -0.1) is 0 Å². The van der Waals surface area contributed by atoms with Gasteiger partial charge in [-0.3, -0.25) is 10.1 Å². The molecule has 1 aliphatic heterocycles. The second-order valence-electron chi connectivity index (χ2n) is 7.22. The van der Waals surface area contributed by atoms with Gasteiger partial charge in [0.15, 0.2) is 0 Å². The topological polar surface area (TPSA) is 32.3 Å². The van der Waals surface area contributed by atoms with E-state index in [1.807, 2.05) is 0 Å². The Kier molecular flexibility index (Phi) is 3.56. The monoisotopic (exact) mass is 286 g/mol. The first-order chi connectivity index (χ1) is 9.95. The minimum absolute atomic E-state index is 0.0176. The molecule has 3 unspecified atom stereocenters. The zero-order valence-corrected chi connectivity index (χ0v) is 13.5. The van der Waals surface area contributed by atoms with Gasteiger partial charge in [-0.05, 0) is 36.3 Å². The third kappa shape index (κ3) is 2.48. The van der Waals surface area contributed by atoms with Gasteiger partial charge in [0, 0.05) is 6.04 Å². The van der Waals surface area contributed by atoms with Gasteiger partial charge < -0.3 is 4.90 Å². The lowest BCUT2D eigenvalue weighted by Gasteiger charge is -2.27. The maximum atomic E-state index is 12.8. The van der Waals surface area contributed by atoms with Gasteiger partial charge in [0.25, 0.3) is 0 Å². The Hall–Kier alpha value is -1.35. The van der Waals surface area contributed by atoms with Crippen LogP contribution in [0.1, 0.15) is 57.3 Å². The summed E-state index contributed by atoms with van der Waals surface area (Å²) < 4.78 is 0. The van der Waals surface area contributed by atoms with Gasteiger partial charge in [-0.2, -0.15) is 0 Å². The van der Waals surface area contributed by atoms with Crippen LogP contribution in [0.3, 0.4) is 0 Å². The molecule has 3 rings (SSSR count). The Labute approximate surface area is 127 Å². The Morgan fingerprint density at radius 3 is 2.57 bits per heavy atom. The van der Waals surface area contributed by atoms with Gasteiger partial charge in [0.2, 0.25) is 5.91 Å². The fourth-order valence-corrected chi connectivity index (χ4v) is 3.53. The number of carbonyl (C=O) groups is 1. The van der Waals surface area contributed by atoms with Crippen molar-refractivity contribution in [1.82, 2.24) is 10.2 Å². The molecule has 114 valence electrons. The molecule has 0 aromatic heterocycles. The highest BCUT2D eigenvalue weighted by Crippen LogP contribution is 2.52. The van der Waals surface area contributed by atoms with Crippen LogP contribution in [0.2, 0.25) is 0 Å². The number of nitrogens with one attached hydrogen (secondary N) is 1. The average molecular weight is 286 g/mol. The van der Waals surface area contributed by atoms with Crippen LogP contribution < -0.4 is 5.32 Å². The molecule has 1 N–H and O–H groups in total. The van der Waals surface area contributed by atoms with Gasteiger partial charge >= 0.3 is 0 Å². The molecule has 1 saturated carbocycles. The first-order valence-corrected chi connectivity index (χ1v) is 8.09. The standard InChI is InChI=1S/C18H26N2O/c1-5-8-14-17(21)20(15-11-18(15,3)4)16(19-14)13-10-7-6-9-12(13)2/h6-7,9-10,14-16,19H,5,8,11H2,1-4H3. The van der Waals surface area contributed by atoms with E-state index in [1.165, 1.54) is 11.1 Å². The molecule has 3 heteroatoms. The summed E-state index contributed by atoms with van der Waals surface area (Å²) in [6, 6.07) is 8.77. The molecule has 1 aliphatic carbocycles. The Morgan fingerprint density at radius 2 is 2.00 bits per heavy atom. The first kappa shape index (κ1) is 14.6. The Balaban J connectivity index is 1.93. The smallest absolute Gasteiger partial charge is 0.241 e. The lowest BCUT2D eigenvalue weighted by molar-refractivity contribution is -0.131. The molecular weight excluding hydrogens is 260 g/mol. The largest absolute Gasteiger partial charge is 0.318 e. The zero-order valence-electron chi connectivity index (χ0n) is 13.5. The van der Waals surface area contributed by atoms with E-state index in [-0.39, 0.29) is 17.6 Å². The number of aryl methyl sites for hydroxylation is 1. The van der Waals surface area contributed by atoms with Crippen molar-refractivity contribution >= 4 is 5.91 Å². The van der Waals surface area contributed by atoms with Crippen LogP contribution in [0.5, 0.6) is 0 Å². The van der Waals surface area contributed by atoms with Crippen LogP contribution in [0.25, 0.3) is 0 Å². The van der Waals surface area contributed by atoms with Crippen molar-refractivity contribution in [2.45, 2.75) is 65.2 Å². The molecule has 0 radical (unpaired) electrons. The maximum Gasteiger partial charge on any atom is 0.241 e. The summed E-state index contributed by atoms with van der Waals surface area (Å²) in [6.45, 7) is 8.78.